The number of carbonyl (C=O) groups is 2. The van der Waals surface area contributed by atoms with Crippen molar-refractivity contribution in [1.82, 2.24) is 0 Å². The highest BCUT2D eigenvalue weighted by Gasteiger charge is 2.47. The summed E-state index contributed by atoms with van der Waals surface area (Å²) in [5.74, 6) is -0.393. The molecule has 0 aromatic heterocycles. The van der Waals surface area contributed by atoms with Gasteiger partial charge in [-0.2, -0.15) is 0 Å². The molecule has 5 nitrogen and oxygen atoms in total. The molecule has 1 unspecified atom stereocenters. The maximum Gasteiger partial charge on any atom is 0.261 e. The number of anilines is 1. The van der Waals surface area contributed by atoms with Crippen LogP contribution in [0, 0.1) is 0 Å². The zero-order valence-electron chi connectivity index (χ0n) is 14.2. The van der Waals surface area contributed by atoms with Crippen LogP contribution in [0.15, 0.2) is 60.7 Å². The quantitative estimate of drug-likeness (QED) is 0.710. The molecule has 0 spiro atoms. The first-order valence-corrected chi connectivity index (χ1v) is 8.25. The molecule has 1 heterocycles. The van der Waals surface area contributed by atoms with Gasteiger partial charge in [0.15, 0.2) is 11.4 Å². The summed E-state index contributed by atoms with van der Waals surface area (Å²) in [5, 5.41) is 15.6. The SMILES string of the molecule is COc1ccc2c(c1)C(O)(CC(=O)c1ccc3ccccc3c1)C(=O)N2. The third-order valence-corrected chi connectivity index (χ3v) is 4.78. The molecule has 0 bridgehead atoms. The van der Waals surface area contributed by atoms with Gasteiger partial charge in [0.2, 0.25) is 0 Å². The largest absolute Gasteiger partial charge is 0.497 e. The van der Waals surface area contributed by atoms with E-state index in [9.17, 15) is 14.7 Å². The Hall–Kier alpha value is -3.18. The highest BCUT2D eigenvalue weighted by atomic mass is 16.5. The summed E-state index contributed by atoms with van der Waals surface area (Å²) in [6.45, 7) is 0. The summed E-state index contributed by atoms with van der Waals surface area (Å²) >= 11 is 0. The minimum atomic E-state index is -1.91. The molecule has 0 aliphatic carbocycles. The van der Waals surface area contributed by atoms with Crippen LogP contribution in [-0.2, 0) is 10.4 Å². The van der Waals surface area contributed by atoms with Crippen molar-refractivity contribution in [3.8, 4) is 5.75 Å². The van der Waals surface area contributed by atoms with E-state index < -0.39 is 11.5 Å². The molecule has 0 saturated heterocycles. The number of Topliss-reactive ketones (excluding diaryl/α,β-unsaturated/α-hetero) is 1. The fourth-order valence-electron chi connectivity index (χ4n) is 3.32. The molecule has 1 amide bonds. The lowest BCUT2D eigenvalue weighted by Gasteiger charge is -2.20. The van der Waals surface area contributed by atoms with Gasteiger partial charge in [0.05, 0.1) is 13.5 Å². The molecule has 1 atom stereocenters. The smallest absolute Gasteiger partial charge is 0.261 e. The third kappa shape index (κ3) is 2.53. The molecule has 0 saturated carbocycles. The van der Waals surface area contributed by atoms with E-state index in [1.54, 1.807) is 30.3 Å². The highest BCUT2D eigenvalue weighted by molar-refractivity contribution is 6.10. The van der Waals surface area contributed by atoms with Crippen molar-refractivity contribution in [1.29, 1.82) is 0 Å². The van der Waals surface area contributed by atoms with Crippen LogP contribution in [0.5, 0.6) is 5.75 Å². The molecule has 5 heteroatoms. The van der Waals surface area contributed by atoms with Gasteiger partial charge >= 0.3 is 0 Å². The van der Waals surface area contributed by atoms with Crippen molar-refractivity contribution in [3.05, 3.63) is 71.8 Å². The zero-order valence-corrected chi connectivity index (χ0v) is 14.2. The Labute approximate surface area is 150 Å². The topological polar surface area (TPSA) is 75.6 Å². The molecule has 3 aromatic carbocycles. The first-order chi connectivity index (χ1) is 12.5. The van der Waals surface area contributed by atoms with Gasteiger partial charge in [-0.3, -0.25) is 9.59 Å². The van der Waals surface area contributed by atoms with Gasteiger partial charge in [0.25, 0.3) is 5.91 Å². The number of carbonyl (C=O) groups excluding carboxylic acids is 2. The van der Waals surface area contributed by atoms with E-state index in [-0.39, 0.29) is 12.2 Å². The van der Waals surface area contributed by atoms with E-state index in [2.05, 4.69) is 5.32 Å². The van der Waals surface area contributed by atoms with Crippen LogP contribution in [0.25, 0.3) is 10.8 Å². The van der Waals surface area contributed by atoms with E-state index in [1.165, 1.54) is 7.11 Å². The molecule has 130 valence electrons. The Morgan fingerprint density at radius 3 is 2.62 bits per heavy atom. The minimum absolute atomic E-state index is 0.302. The molecular weight excluding hydrogens is 330 g/mol. The molecule has 2 N–H and O–H groups in total. The second kappa shape index (κ2) is 5.97. The number of methoxy groups -OCH3 is 1. The fourth-order valence-corrected chi connectivity index (χ4v) is 3.32. The Bertz CT molecular complexity index is 1040. The molecule has 4 rings (SSSR count). The Balaban J connectivity index is 1.69. The van der Waals surface area contributed by atoms with Crippen LogP contribution in [0.2, 0.25) is 0 Å². The molecule has 1 aliphatic heterocycles. The van der Waals surface area contributed by atoms with Gasteiger partial charge in [-0.05, 0) is 35.0 Å². The number of aliphatic hydroxyl groups is 1. The summed E-state index contributed by atoms with van der Waals surface area (Å²) < 4.78 is 5.17. The lowest BCUT2D eigenvalue weighted by molar-refractivity contribution is -0.133. The minimum Gasteiger partial charge on any atom is -0.497 e. The number of nitrogens with one attached hydrogen (secondary N) is 1. The predicted molar refractivity (Wildman–Crippen MR) is 98.4 cm³/mol. The van der Waals surface area contributed by atoms with Gasteiger partial charge in [-0.25, -0.2) is 0 Å². The zero-order chi connectivity index (χ0) is 18.3. The Morgan fingerprint density at radius 1 is 1.08 bits per heavy atom. The molecule has 0 radical (unpaired) electrons. The Morgan fingerprint density at radius 2 is 1.85 bits per heavy atom. The van der Waals surface area contributed by atoms with E-state index in [1.807, 2.05) is 30.3 Å². The van der Waals surface area contributed by atoms with Crippen molar-refractivity contribution in [3.63, 3.8) is 0 Å². The van der Waals surface area contributed by atoms with E-state index in [0.717, 1.165) is 10.8 Å². The monoisotopic (exact) mass is 347 g/mol. The van der Waals surface area contributed by atoms with Crippen molar-refractivity contribution in [2.75, 3.05) is 12.4 Å². The summed E-state index contributed by atoms with van der Waals surface area (Å²) in [5.41, 5.74) is -0.603. The van der Waals surface area contributed by atoms with Crippen LogP contribution in [0.4, 0.5) is 5.69 Å². The molecule has 1 aliphatic rings. The van der Waals surface area contributed by atoms with Crippen LogP contribution in [0.3, 0.4) is 0 Å². The van der Waals surface area contributed by atoms with E-state index in [4.69, 9.17) is 4.74 Å². The number of hydrogen-bond acceptors (Lipinski definition) is 4. The van der Waals surface area contributed by atoms with Gasteiger partial charge in [-0.1, -0.05) is 36.4 Å². The fraction of sp³-hybridized carbons (Fsp3) is 0.143. The highest BCUT2D eigenvalue weighted by Crippen LogP contribution is 2.41. The normalized spacial score (nSPS) is 18.5. The van der Waals surface area contributed by atoms with Gasteiger partial charge in [-0.15, -0.1) is 0 Å². The van der Waals surface area contributed by atoms with E-state index >= 15 is 0 Å². The molecule has 3 aromatic rings. The molecular formula is C21H17NO4. The van der Waals surface area contributed by atoms with Crippen LogP contribution in [0.1, 0.15) is 22.3 Å². The van der Waals surface area contributed by atoms with Crippen molar-refractivity contribution in [2.45, 2.75) is 12.0 Å². The average Bonchev–Trinajstić information content (AvgIpc) is 2.91. The number of hydrogen-bond donors (Lipinski definition) is 2. The van der Waals surface area contributed by atoms with Crippen LogP contribution >= 0.6 is 0 Å². The van der Waals surface area contributed by atoms with Crippen molar-refractivity contribution in [2.24, 2.45) is 0 Å². The molecule has 26 heavy (non-hydrogen) atoms. The summed E-state index contributed by atoms with van der Waals surface area (Å²) in [4.78, 5) is 25.2. The first-order valence-electron chi connectivity index (χ1n) is 8.25. The van der Waals surface area contributed by atoms with E-state index in [0.29, 0.717) is 22.6 Å². The van der Waals surface area contributed by atoms with Crippen LogP contribution < -0.4 is 10.1 Å². The lowest BCUT2D eigenvalue weighted by Crippen LogP contribution is -2.36. The maximum atomic E-state index is 12.8. The third-order valence-electron chi connectivity index (χ3n) is 4.78. The summed E-state index contributed by atoms with van der Waals surface area (Å²) in [6, 6.07) is 18.0. The number of ketones is 1. The van der Waals surface area contributed by atoms with Crippen molar-refractivity contribution >= 4 is 28.2 Å². The van der Waals surface area contributed by atoms with Gasteiger partial charge < -0.3 is 15.2 Å². The first kappa shape index (κ1) is 16.3. The number of ether oxygens (including phenoxy) is 1. The molecule has 0 fully saturated rings. The van der Waals surface area contributed by atoms with Gasteiger partial charge in [0, 0.05) is 16.8 Å². The van der Waals surface area contributed by atoms with Crippen molar-refractivity contribution < 1.29 is 19.4 Å². The van der Waals surface area contributed by atoms with Crippen LogP contribution in [-0.4, -0.2) is 23.9 Å². The standard InChI is InChI=1S/C21H17NO4/c1-26-16-8-9-18-17(11-16)21(25,20(24)22-18)12-19(23)15-7-6-13-4-2-3-5-14(13)10-15/h2-11,25H,12H2,1H3,(H,22,24). The van der Waals surface area contributed by atoms with Gasteiger partial charge in [0.1, 0.15) is 5.75 Å². The second-order valence-electron chi connectivity index (χ2n) is 6.39. The average molecular weight is 347 g/mol. The number of fused-ring (bicyclic) bond motifs is 2. The predicted octanol–water partition coefficient (Wildman–Crippen LogP) is 3.26. The summed E-state index contributed by atoms with van der Waals surface area (Å²) in [7, 11) is 1.51. The maximum absolute atomic E-state index is 12.8. The Kier molecular flexibility index (Phi) is 3.74. The number of benzene rings is 3. The second-order valence-corrected chi connectivity index (χ2v) is 6.39. The number of rotatable bonds is 4. The number of amides is 1. The lowest BCUT2D eigenvalue weighted by atomic mass is 9.87. The summed E-state index contributed by atoms with van der Waals surface area (Å²) in [6.07, 6.45) is -0.336.